The van der Waals surface area contributed by atoms with Crippen molar-refractivity contribution in [1.82, 2.24) is 20.4 Å². The third-order valence-electron chi connectivity index (χ3n) is 5.38. The Labute approximate surface area is 137 Å². The number of anilines is 1. The number of aryl methyl sites for hydroxylation is 2. The molecule has 0 radical (unpaired) electrons. The van der Waals surface area contributed by atoms with Gasteiger partial charge in [0.25, 0.3) is 0 Å². The monoisotopic (exact) mass is 315 g/mol. The molecule has 124 valence electrons. The molecule has 1 saturated carbocycles. The molecule has 2 fully saturated rings. The molecular formula is C17H25N5O. The average Bonchev–Trinajstić information content (AvgIpc) is 3.25. The number of carbonyl (C=O) groups is 1. The number of piperazine rings is 1. The molecule has 1 N–H and O–H groups in total. The SMILES string of the molecule is O=C(NC1CCCC1)N1CCN(c2cc3c(nn2)CCC3)CC1. The van der Waals surface area contributed by atoms with Crippen molar-refractivity contribution in [2.75, 3.05) is 31.1 Å². The van der Waals surface area contributed by atoms with E-state index in [0.29, 0.717) is 6.04 Å². The van der Waals surface area contributed by atoms with Crippen molar-refractivity contribution in [2.24, 2.45) is 0 Å². The molecule has 0 atom stereocenters. The van der Waals surface area contributed by atoms with Crippen molar-refractivity contribution in [1.29, 1.82) is 0 Å². The third kappa shape index (κ3) is 3.12. The number of urea groups is 1. The maximum Gasteiger partial charge on any atom is 0.317 e. The van der Waals surface area contributed by atoms with Crippen LogP contribution in [0.2, 0.25) is 0 Å². The van der Waals surface area contributed by atoms with Gasteiger partial charge >= 0.3 is 6.03 Å². The van der Waals surface area contributed by atoms with E-state index in [1.807, 2.05) is 4.90 Å². The van der Waals surface area contributed by atoms with E-state index >= 15 is 0 Å². The summed E-state index contributed by atoms with van der Waals surface area (Å²) in [4.78, 5) is 16.5. The number of hydrogen-bond donors (Lipinski definition) is 1. The lowest BCUT2D eigenvalue weighted by molar-refractivity contribution is 0.190. The highest BCUT2D eigenvalue weighted by Gasteiger charge is 2.25. The van der Waals surface area contributed by atoms with Gasteiger partial charge in [0.15, 0.2) is 5.82 Å². The van der Waals surface area contributed by atoms with Crippen molar-refractivity contribution >= 4 is 11.8 Å². The number of nitrogens with one attached hydrogen (secondary N) is 1. The van der Waals surface area contributed by atoms with E-state index < -0.39 is 0 Å². The van der Waals surface area contributed by atoms with Gasteiger partial charge in [0.05, 0.1) is 5.69 Å². The van der Waals surface area contributed by atoms with E-state index in [9.17, 15) is 4.79 Å². The average molecular weight is 315 g/mol. The number of rotatable bonds is 2. The lowest BCUT2D eigenvalue weighted by Gasteiger charge is -2.35. The molecule has 6 nitrogen and oxygen atoms in total. The topological polar surface area (TPSA) is 61.4 Å². The van der Waals surface area contributed by atoms with Gasteiger partial charge in [-0.15, -0.1) is 5.10 Å². The Morgan fingerprint density at radius 1 is 1.04 bits per heavy atom. The van der Waals surface area contributed by atoms with Crippen LogP contribution in [0.4, 0.5) is 10.6 Å². The molecule has 1 aromatic rings. The van der Waals surface area contributed by atoms with Crippen LogP contribution in [0.15, 0.2) is 6.07 Å². The number of hydrogen-bond acceptors (Lipinski definition) is 4. The van der Waals surface area contributed by atoms with Crippen LogP contribution in [0.5, 0.6) is 0 Å². The molecular weight excluding hydrogens is 290 g/mol. The third-order valence-corrected chi connectivity index (χ3v) is 5.38. The second-order valence-electron chi connectivity index (χ2n) is 6.93. The highest BCUT2D eigenvalue weighted by molar-refractivity contribution is 5.75. The summed E-state index contributed by atoms with van der Waals surface area (Å²) >= 11 is 0. The van der Waals surface area contributed by atoms with E-state index in [-0.39, 0.29) is 6.03 Å². The Kier molecular flexibility index (Phi) is 4.06. The maximum absolute atomic E-state index is 12.3. The van der Waals surface area contributed by atoms with E-state index in [1.54, 1.807) is 0 Å². The summed E-state index contributed by atoms with van der Waals surface area (Å²) in [6.45, 7) is 3.20. The van der Waals surface area contributed by atoms with Gasteiger partial charge in [-0.05, 0) is 43.7 Å². The summed E-state index contributed by atoms with van der Waals surface area (Å²) in [6.07, 6.45) is 8.15. The van der Waals surface area contributed by atoms with Gasteiger partial charge in [-0.3, -0.25) is 0 Å². The minimum absolute atomic E-state index is 0.108. The van der Waals surface area contributed by atoms with Crippen molar-refractivity contribution in [3.05, 3.63) is 17.3 Å². The van der Waals surface area contributed by atoms with E-state index in [4.69, 9.17) is 0 Å². The fourth-order valence-corrected chi connectivity index (χ4v) is 3.95. The summed E-state index contributed by atoms with van der Waals surface area (Å²) in [7, 11) is 0. The Morgan fingerprint density at radius 3 is 2.61 bits per heavy atom. The molecule has 0 unspecified atom stereocenters. The number of amides is 2. The van der Waals surface area contributed by atoms with Crippen LogP contribution in [0.25, 0.3) is 0 Å². The van der Waals surface area contributed by atoms with Crippen molar-refractivity contribution in [3.63, 3.8) is 0 Å². The van der Waals surface area contributed by atoms with Gasteiger partial charge in [-0.1, -0.05) is 12.8 Å². The molecule has 2 aliphatic carbocycles. The van der Waals surface area contributed by atoms with E-state index in [1.165, 1.54) is 30.5 Å². The van der Waals surface area contributed by atoms with Crippen LogP contribution in [0.3, 0.4) is 0 Å². The molecule has 0 bridgehead atoms. The lowest BCUT2D eigenvalue weighted by atomic mass is 10.2. The largest absolute Gasteiger partial charge is 0.352 e. The lowest BCUT2D eigenvalue weighted by Crippen LogP contribution is -2.53. The molecule has 0 spiro atoms. The first kappa shape index (κ1) is 14.7. The molecule has 4 rings (SSSR count). The summed E-state index contributed by atoms with van der Waals surface area (Å²) < 4.78 is 0. The summed E-state index contributed by atoms with van der Waals surface area (Å²) in [5.74, 6) is 0.974. The fourth-order valence-electron chi connectivity index (χ4n) is 3.95. The van der Waals surface area contributed by atoms with Gasteiger partial charge in [0, 0.05) is 32.2 Å². The predicted octanol–water partition coefficient (Wildman–Crippen LogP) is 1.74. The van der Waals surface area contributed by atoms with Crippen LogP contribution in [-0.2, 0) is 12.8 Å². The Bertz CT molecular complexity index is 576. The fraction of sp³-hybridized carbons (Fsp3) is 0.706. The summed E-state index contributed by atoms with van der Waals surface area (Å²) in [5, 5.41) is 11.9. The number of carbonyl (C=O) groups excluding carboxylic acids is 1. The number of nitrogens with zero attached hydrogens (tertiary/aromatic N) is 4. The highest BCUT2D eigenvalue weighted by Crippen LogP contribution is 2.23. The first-order valence-corrected chi connectivity index (χ1v) is 8.95. The second-order valence-corrected chi connectivity index (χ2v) is 6.93. The minimum atomic E-state index is 0.108. The van der Waals surface area contributed by atoms with Gasteiger partial charge in [0.2, 0.25) is 0 Å². The highest BCUT2D eigenvalue weighted by atomic mass is 16.2. The van der Waals surface area contributed by atoms with Gasteiger partial charge in [-0.2, -0.15) is 5.10 Å². The Hall–Kier alpha value is -1.85. The van der Waals surface area contributed by atoms with Gasteiger partial charge in [0.1, 0.15) is 0 Å². The predicted molar refractivity (Wildman–Crippen MR) is 88.6 cm³/mol. The van der Waals surface area contributed by atoms with Crippen LogP contribution >= 0.6 is 0 Å². The quantitative estimate of drug-likeness (QED) is 0.903. The molecule has 23 heavy (non-hydrogen) atoms. The van der Waals surface area contributed by atoms with Crippen LogP contribution < -0.4 is 10.2 Å². The molecule has 2 amide bonds. The first-order chi connectivity index (χ1) is 11.3. The zero-order valence-corrected chi connectivity index (χ0v) is 13.6. The Balaban J connectivity index is 1.32. The zero-order chi connectivity index (χ0) is 15.6. The minimum Gasteiger partial charge on any atom is -0.352 e. The van der Waals surface area contributed by atoms with E-state index in [2.05, 4.69) is 26.5 Å². The first-order valence-electron chi connectivity index (χ1n) is 8.95. The smallest absolute Gasteiger partial charge is 0.317 e. The van der Waals surface area contributed by atoms with Gasteiger partial charge in [-0.25, -0.2) is 4.79 Å². The van der Waals surface area contributed by atoms with Crippen molar-refractivity contribution in [2.45, 2.75) is 51.0 Å². The standard InChI is InChI=1S/C17H25N5O/c23-17(18-14-5-1-2-6-14)22-10-8-21(9-11-22)16-12-13-4-3-7-15(13)19-20-16/h12,14H,1-11H2,(H,18,23). The molecule has 1 aromatic heterocycles. The second kappa shape index (κ2) is 6.34. The number of aromatic nitrogens is 2. The van der Waals surface area contributed by atoms with Crippen LogP contribution in [-0.4, -0.2) is 53.3 Å². The molecule has 3 aliphatic rings. The van der Waals surface area contributed by atoms with Crippen LogP contribution in [0.1, 0.15) is 43.4 Å². The summed E-state index contributed by atoms with van der Waals surface area (Å²) in [5.41, 5.74) is 2.53. The molecule has 2 heterocycles. The van der Waals surface area contributed by atoms with Crippen molar-refractivity contribution in [3.8, 4) is 0 Å². The van der Waals surface area contributed by atoms with Crippen LogP contribution in [0, 0.1) is 0 Å². The Morgan fingerprint density at radius 2 is 1.83 bits per heavy atom. The van der Waals surface area contributed by atoms with Crippen molar-refractivity contribution < 1.29 is 4.79 Å². The van der Waals surface area contributed by atoms with Gasteiger partial charge < -0.3 is 15.1 Å². The molecule has 6 heteroatoms. The van der Waals surface area contributed by atoms with E-state index in [0.717, 1.165) is 57.7 Å². The normalized spacial score (nSPS) is 21.6. The number of fused-ring (bicyclic) bond motifs is 1. The molecule has 0 aromatic carbocycles. The molecule has 1 saturated heterocycles. The zero-order valence-electron chi connectivity index (χ0n) is 13.6. The summed E-state index contributed by atoms with van der Waals surface area (Å²) in [6, 6.07) is 2.70. The maximum atomic E-state index is 12.3. The molecule has 1 aliphatic heterocycles.